The maximum Gasteiger partial charge on any atom is 0.258 e. The molecule has 3 N–H and O–H groups in total. The summed E-state index contributed by atoms with van der Waals surface area (Å²) in [5, 5.41) is 5.01. The molecule has 0 spiro atoms. The van der Waals surface area contributed by atoms with E-state index in [9.17, 15) is 13.2 Å². The lowest BCUT2D eigenvalue weighted by Gasteiger charge is -2.02. The lowest BCUT2D eigenvalue weighted by molar-refractivity contribution is 0.598. The first-order valence-corrected chi connectivity index (χ1v) is 6.02. The Bertz CT molecular complexity index is 723. The van der Waals surface area contributed by atoms with Crippen LogP contribution >= 0.6 is 11.6 Å². The second kappa shape index (κ2) is 3.55. The molecule has 0 saturated heterocycles. The molecule has 6 nitrogen and oxygen atoms in total. The average molecular weight is 260 g/mol. The fourth-order valence-electron chi connectivity index (χ4n) is 1.29. The van der Waals surface area contributed by atoms with Gasteiger partial charge in [0.1, 0.15) is 4.90 Å². The van der Waals surface area contributed by atoms with Crippen LogP contribution in [0.2, 0.25) is 5.02 Å². The van der Waals surface area contributed by atoms with Crippen molar-refractivity contribution in [3.05, 3.63) is 33.8 Å². The number of hydrogen-bond donors (Lipinski definition) is 2. The zero-order valence-electron chi connectivity index (χ0n) is 7.77. The molecule has 0 atom stereocenters. The molecule has 1 aromatic heterocycles. The Morgan fingerprint density at radius 3 is 2.69 bits per heavy atom. The number of nitrogens with two attached hydrogens (primary N) is 1. The van der Waals surface area contributed by atoms with Gasteiger partial charge in [-0.1, -0.05) is 11.6 Å². The minimum atomic E-state index is -3.95. The van der Waals surface area contributed by atoms with Gasteiger partial charge < -0.3 is 4.98 Å². The van der Waals surface area contributed by atoms with Crippen molar-refractivity contribution in [3.63, 3.8) is 0 Å². The van der Waals surface area contributed by atoms with Crippen molar-refractivity contribution in [1.29, 1.82) is 0 Å². The third kappa shape index (κ3) is 1.80. The summed E-state index contributed by atoms with van der Waals surface area (Å²) in [4.78, 5) is 17.3. The van der Waals surface area contributed by atoms with Crippen LogP contribution in [0, 0.1) is 0 Å². The van der Waals surface area contributed by atoms with Crippen molar-refractivity contribution in [1.82, 2.24) is 9.97 Å². The van der Waals surface area contributed by atoms with Gasteiger partial charge in [0, 0.05) is 0 Å². The van der Waals surface area contributed by atoms with E-state index in [4.69, 9.17) is 16.7 Å². The molecule has 2 rings (SSSR count). The van der Waals surface area contributed by atoms with E-state index in [0.717, 1.165) is 6.07 Å². The summed E-state index contributed by atoms with van der Waals surface area (Å²) in [5.41, 5.74) is -0.146. The first-order valence-electron chi connectivity index (χ1n) is 4.09. The van der Waals surface area contributed by atoms with E-state index in [1.165, 1.54) is 12.4 Å². The van der Waals surface area contributed by atoms with E-state index in [0.29, 0.717) is 5.52 Å². The highest BCUT2D eigenvalue weighted by molar-refractivity contribution is 7.89. The second-order valence-corrected chi connectivity index (χ2v) is 5.01. The minimum Gasteiger partial charge on any atom is -0.313 e. The number of benzene rings is 1. The van der Waals surface area contributed by atoms with Gasteiger partial charge in [0.25, 0.3) is 5.56 Å². The summed E-state index contributed by atoms with van der Waals surface area (Å²) in [5.74, 6) is 0. The lowest BCUT2D eigenvalue weighted by Crippen LogP contribution is -2.14. The number of rotatable bonds is 1. The standard InChI is InChI=1S/C8H6ClN3O3S/c9-5-2-6-4(8(13)12-3-11-6)1-7(5)16(10,14)15/h1-3H,(H2,10,14,15)(H,11,12,13). The highest BCUT2D eigenvalue weighted by atomic mass is 35.5. The second-order valence-electron chi connectivity index (χ2n) is 3.08. The van der Waals surface area contributed by atoms with Gasteiger partial charge in [0.2, 0.25) is 10.0 Å². The minimum absolute atomic E-state index is 0.0619. The van der Waals surface area contributed by atoms with E-state index < -0.39 is 15.6 Å². The van der Waals surface area contributed by atoms with Crippen molar-refractivity contribution in [3.8, 4) is 0 Å². The Morgan fingerprint density at radius 2 is 2.06 bits per heavy atom. The molecular weight excluding hydrogens is 254 g/mol. The van der Waals surface area contributed by atoms with Crippen LogP contribution in [0.15, 0.2) is 28.2 Å². The highest BCUT2D eigenvalue weighted by Gasteiger charge is 2.15. The number of H-pyrrole nitrogens is 1. The average Bonchev–Trinajstić information content (AvgIpc) is 2.15. The molecule has 1 heterocycles. The normalized spacial score (nSPS) is 11.9. The summed E-state index contributed by atoms with van der Waals surface area (Å²) < 4.78 is 22.3. The molecule has 0 fully saturated rings. The molecule has 0 saturated carbocycles. The largest absolute Gasteiger partial charge is 0.313 e. The van der Waals surface area contributed by atoms with Crippen LogP contribution in [-0.4, -0.2) is 18.4 Å². The Labute approximate surface area is 95.1 Å². The predicted octanol–water partition coefficient (Wildman–Crippen LogP) is 0.224. The molecule has 16 heavy (non-hydrogen) atoms. The molecule has 84 valence electrons. The maximum absolute atomic E-state index is 11.4. The van der Waals surface area contributed by atoms with Crippen molar-refractivity contribution < 1.29 is 8.42 Å². The van der Waals surface area contributed by atoms with Crippen LogP contribution in [0.3, 0.4) is 0 Å². The quantitative estimate of drug-likeness (QED) is 0.764. The lowest BCUT2D eigenvalue weighted by atomic mass is 10.2. The first-order chi connectivity index (χ1) is 7.39. The molecule has 0 amide bonds. The van der Waals surface area contributed by atoms with Crippen LogP contribution in [0.4, 0.5) is 0 Å². The Kier molecular flexibility index (Phi) is 2.45. The molecule has 0 aliphatic carbocycles. The number of nitrogens with zero attached hydrogens (tertiary/aromatic N) is 1. The molecule has 0 radical (unpaired) electrons. The molecule has 2 aromatic rings. The van der Waals surface area contributed by atoms with Gasteiger partial charge in [-0.25, -0.2) is 18.5 Å². The van der Waals surface area contributed by atoms with Crippen molar-refractivity contribution >= 4 is 32.5 Å². The van der Waals surface area contributed by atoms with Gasteiger partial charge in [-0.3, -0.25) is 4.79 Å². The van der Waals surface area contributed by atoms with Crippen molar-refractivity contribution in [2.24, 2.45) is 5.14 Å². The Balaban J connectivity index is 2.96. The van der Waals surface area contributed by atoms with Crippen LogP contribution in [-0.2, 0) is 10.0 Å². The molecule has 0 unspecified atom stereocenters. The number of fused-ring (bicyclic) bond motifs is 1. The van der Waals surface area contributed by atoms with E-state index in [1.807, 2.05) is 0 Å². The van der Waals surface area contributed by atoms with E-state index in [1.54, 1.807) is 0 Å². The number of aromatic amines is 1. The summed E-state index contributed by atoms with van der Waals surface area (Å²) in [6.07, 6.45) is 1.21. The maximum atomic E-state index is 11.4. The number of primary sulfonamides is 1. The molecular formula is C8H6ClN3O3S. The predicted molar refractivity (Wildman–Crippen MR) is 58.7 cm³/mol. The number of halogens is 1. The van der Waals surface area contributed by atoms with E-state index in [-0.39, 0.29) is 15.3 Å². The van der Waals surface area contributed by atoms with Gasteiger partial charge in [-0.15, -0.1) is 0 Å². The molecule has 0 aliphatic heterocycles. The van der Waals surface area contributed by atoms with Gasteiger partial charge in [-0.05, 0) is 12.1 Å². The smallest absolute Gasteiger partial charge is 0.258 e. The summed E-state index contributed by atoms with van der Waals surface area (Å²) in [6, 6.07) is 2.39. The van der Waals surface area contributed by atoms with Crippen LogP contribution in [0.5, 0.6) is 0 Å². The van der Waals surface area contributed by atoms with Gasteiger partial charge in [0.05, 0.1) is 22.3 Å². The van der Waals surface area contributed by atoms with Gasteiger partial charge >= 0.3 is 0 Å². The SMILES string of the molecule is NS(=O)(=O)c1cc2c(=O)[nH]cnc2cc1Cl. The van der Waals surface area contributed by atoms with E-state index >= 15 is 0 Å². The van der Waals surface area contributed by atoms with Crippen LogP contribution < -0.4 is 10.7 Å². The number of nitrogens with one attached hydrogen (secondary N) is 1. The third-order valence-electron chi connectivity index (χ3n) is 2.00. The molecule has 0 aliphatic rings. The van der Waals surface area contributed by atoms with Crippen LogP contribution in [0.1, 0.15) is 0 Å². The van der Waals surface area contributed by atoms with Crippen molar-refractivity contribution in [2.45, 2.75) is 4.90 Å². The van der Waals surface area contributed by atoms with Crippen molar-refractivity contribution in [2.75, 3.05) is 0 Å². The Morgan fingerprint density at radius 1 is 1.38 bits per heavy atom. The van der Waals surface area contributed by atoms with Crippen LogP contribution in [0.25, 0.3) is 10.9 Å². The number of aromatic nitrogens is 2. The first kappa shape index (κ1) is 11.1. The zero-order valence-corrected chi connectivity index (χ0v) is 9.34. The fraction of sp³-hybridized carbons (Fsp3) is 0. The third-order valence-corrected chi connectivity index (χ3v) is 3.38. The Hall–Kier alpha value is -1.44. The summed E-state index contributed by atoms with van der Waals surface area (Å²) in [6.45, 7) is 0. The number of hydrogen-bond acceptors (Lipinski definition) is 4. The van der Waals surface area contributed by atoms with Gasteiger partial charge in [-0.2, -0.15) is 0 Å². The molecule has 1 aromatic carbocycles. The topological polar surface area (TPSA) is 106 Å². The summed E-state index contributed by atoms with van der Waals surface area (Å²) >= 11 is 5.73. The van der Waals surface area contributed by atoms with E-state index in [2.05, 4.69) is 9.97 Å². The molecule has 0 bridgehead atoms. The summed E-state index contributed by atoms with van der Waals surface area (Å²) in [7, 11) is -3.95. The highest BCUT2D eigenvalue weighted by Crippen LogP contribution is 2.23. The monoisotopic (exact) mass is 259 g/mol. The zero-order chi connectivity index (χ0) is 11.9. The van der Waals surface area contributed by atoms with Gasteiger partial charge in [0.15, 0.2) is 0 Å². The fourth-order valence-corrected chi connectivity index (χ4v) is 2.38. The number of sulfonamides is 1. The molecule has 8 heteroatoms.